The van der Waals surface area contributed by atoms with Crippen molar-refractivity contribution < 1.29 is 27.9 Å². The van der Waals surface area contributed by atoms with Crippen molar-refractivity contribution in [1.82, 2.24) is 9.88 Å². The first-order valence-corrected chi connectivity index (χ1v) is 11.3. The number of alkyl halides is 1. The normalized spacial score (nSPS) is 20.2. The molecule has 3 rings (SSSR count). The Balaban J connectivity index is 1.73. The number of likely N-dealkylation sites (tertiary alicyclic amines) is 1. The Kier molecular flexibility index (Phi) is 7.72. The number of halogens is 2. The number of carbonyl (C=O) groups is 3. The standard InChI is InChI=1S/C25H30F2N4O4/c1-14-10-19(27)20(16-6-8-17(26)9-7-16)31(13-14)23(33)22(32)29-18-11-15(2)21(28-12-18)30-24(34)35-25(3,4)5/h6-9,11-12,14,19-20H,10,13H2,1-5H3,(H,29,32)(H,28,30,34)/t14-,19+,20+/m0/s1. The number of hydrogen-bond donors (Lipinski definition) is 2. The molecule has 1 aromatic heterocycles. The molecule has 10 heteroatoms. The third-order valence-corrected chi connectivity index (χ3v) is 5.44. The van der Waals surface area contributed by atoms with Crippen LogP contribution in [0.2, 0.25) is 0 Å². The quantitative estimate of drug-likeness (QED) is 0.607. The van der Waals surface area contributed by atoms with Crippen LogP contribution in [0.4, 0.5) is 25.1 Å². The second-order valence-electron chi connectivity index (χ2n) is 9.78. The summed E-state index contributed by atoms with van der Waals surface area (Å²) in [5, 5.41) is 5.02. The predicted molar refractivity (Wildman–Crippen MR) is 127 cm³/mol. The molecule has 1 aliphatic heterocycles. The highest BCUT2D eigenvalue weighted by Gasteiger charge is 2.40. The number of aromatic nitrogens is 1. The van der Waals surface area contributed by atoms with E-state index in [1.807, 2.05) is 0 Å². The van der Waals surface area contributed by atoms with Gasteiger partial charge in [-0.1, -0.05) is 19.1 Å². The third kappa shape index (κ3) is 6.74. The van der Waals surface area contributed by atoms with Gasteiger partial charge in [0.05, 0.1) is 17.9 Å². The molecule has 0 unspecified atom stereocenters. The molecule has 1 saturated heterocycles. The zero-order chi connectivity index (χ0) is 25.9. The molecule has 1 aliphatic rings. The first-order valence-electron chi connectivity index (χ1n) is 11.3. The van der Waals surface area contributed by atoms with E-state index in [0.29, 0.717) is 11.1 Å². The van der Waals surface area contributed by atoms with Crippen LogP contribution >= 0.6 is 0 Å². The number of hydrogen-bond acceptors (Lipinski definition) is 5. The highest BCUT2D eigenvalue weighted by molar-refractivity contribution is 6.39. The molecule has 0 aliphatic carbocycles. The summed E-state index contributed by atoms with van der Waals surface area (Å²) in [6.45, 7) is 8.86. The number of nitrogens with one attached hydrogen (secondary N) is 2. The van der Waals surface area contributed by atoms with Crippen molar-refractivity contribution in [3.05, 3.63) is 53.5 Å². The largest absolute Gasteiger partial charge is 0.444 e. The summed E-state index contributed by atoms with van der Waals surface area (Å²) >= 11 is 0. The van der Waals surface area contributed by atoms with E-state index in [1.165, 1.54) is 35.4 Å². The smallest absolute Gasteiger partial charge is 0.413 e. The minimum absolute atomic E-state index is 0.152. The van der Waals surface area contributed by atoms with Crippen molar-refractivity contribution in [2.75, 3.05) is 17.2 Å². The van der Waals surface area contributed by atoms with Gasteiger partial charge in [-0.05, 0) is 69.4 Å². The summed E-state index contributed by atoms with van der Waals surface area (Å²) in [5.74, 6) is -2.24. The Morgan fingerprint density at radius 1 is 1.14 bits per heavy atom. The van der Waals surface area contributed by atoms with E-state index in [-0.39, 0.29) is 30.4 Å². The van der Waals surface area contributed by atoms with Gasteiger partial charge in [-0.3, -0.25) is 14.9 Å². The van der Waals surface area contributed by atoms with E-state index < -0.39 is 41.5 Å². The fourth-order valence-corrected chi connectivity index (χ4v) is 3.98. The molecular formula is C25H30F2N4O4. The van der Waals surface area contributed by atoms with Gasteiger partial charge in [0.15, 0.2) is 0 Å². The zero-order valence-corrected chi connectivity index (χ0v) is 20.4. The van der Waals surface area contributed by atoms with Crippen LogP contribution in [0.25, 0.3) is 0 Å². The molecule has 0 saturated carbocycles. The van der Waals surface area contributed by atoms with Crippen molar-refractivity contribution >= 4 is 29.4 Å². The number of nitrogens with zero attached hydrogens (tertiary/aromatic N) is 2. The summed E-state index contributed by atoms with van der Waals surface area (Å²) in [4.78, 5) is 43.1. The average molecular weight is 489 g/mol. The molecule has 1 aromatic carbocycles. The fourth-order valence-electron chi connectivity index (χ4n) is 3.98. The van der Waals surface area contributed by atoms with Crippen LogP contribution in [0.5, 0.6) is 0 Å². The van der Waals surface area contributed by atoms with Gasteiger partial charge in [0.2, 0.25) is 0 Å². The number of anilines is 2. The van der Waals surface area contributed by atoms with Gasteiger partial charge in [-0.2, -0.15) is 0 Å². The number of rotatable bonds is 3. The molecule has 2 aromatic rings. The van der Waals surface area contributed by atoms with E-state index in [4.69, 9.17) is 4.74 Å². The number of pyridine rings is 1. The number of carbonyl (C=O) groups excluding carboxylic acids is 3. The molecule has 0 bridgehead atoms. The van der Waals surface area contributed by atoms with Crippen molar-refractivity contribution in [1.29, 1.82) is 0 Å². The molecular weight excluding hydrogens is 458 g/mol. The number of piperidine rings is 1. The Labute approximate surface area is 203 Å². The van der Waals surface area contributed by atoms with Crippen LogP contribution in [0.15, 0.2) is 36.5 Å². The first kappa shape index (κ1) is 26.1. The van der Waals surface area contributed by atoms with E-state index in [1.54, 1.807) is 40.7 Å². The van der Waals surface area contributed by atoms with Crippen LogP contribution in [0.3, 0.4) is 0 Å². The second kappa shape index (κ2) is 10.4. The van der Waals surface area contributed by atoms with Crippen LogP contribution in [0, 0.1) is 18.7 Å². The second-order valence-corrected chi connectivity index (χ2v) is 9.78. The Morgan fingerprint density at radius 3 is 2.40 bits per heavy atom. The number of ether oxygens (including phenoxy) is 1. The predicted octanol–water partition coefficient (Wildman–Crippen LogP) is 4.76. The van der Waals surface area contributed by atoms with Crippen LogP contribution < -0.4 is 10.6 Å². The number of benzene rings is 1. The van der Waals surface area contributed by atoms with E-state index in [2.05, 4.69) is 15.6 Å². The topological polar surface area (TPSA) is 101 Å². The lowest BCUT2D eigenvalue weighted by Gasteiger charge is -2.40. The Hall–Kier alpha value is -3.56. The lowest BCUT2D eigenvalue weighted by atomic mass is 9.88. The monoisotopic (exact) mass is 488 g/mol. The Bertz CT molecular complexity index is 1100. The molecule has 0 radical (unpaired) electrons. The zero-order valence-electron chi connectivity index (χ0n) is 20.4. The summed E-state index contributed by atoms with van der Waals surface area (Å²) in [5.41, 5.74) is 0.501. The molecule has 3 atom stereocenters. The summed E-state index contributed by atoms with van der Waals surface area (Å²) < 4.78 is 33.6. The van der Waals surface area contributed by atoms with Crippen molar-refractivity contribution in [3.63, 3.8) is 0 Å². The SMILES string of the molecule is Cc1cc(NC(=O)C(=O)N2C[C@@H](C)C[C@@H](F)[C@H]2c2ccc(F)cc2)cnc1NC(=O)OC(C)(C)C. The lowest BCUT2D eigenvalue weighted by molar-refractivity contribution is -0.148. The minimum Gasteiger partial charge on any atom is -0.444 e. The number of amides is 3. The molecule has 1 fully saturated rings. The average Bonchev–Trinajstić information content (AvgIpc) is 2.74. The van der Waals surface area contributed by atoms with Crippen LogP contribution in [-0.2, 0) is 14.3 Å². The van der Waals surface area contributed by atoms with Gasteiger partial charge in [0.25, 0.3) is 0 Å². The van der Waals surface area contributed by atoms with Crippen molar-refractivity contribution in [3.8, 4) is 0 Å². The molecule has 2 N–H and O–H groups in total. The fraction of sp³-hybridized carbons (Fsp3) is 0.440. The van der Waals surface area contributed by atoms with Crippen molar-refractivity contribution in [2.24, 2.45) is 5.92 Å². The van der Waals surface area contributed by atoms with E-state index in [0.717, 1.165) is 0 Å². The van der Waals surface area contributed by atoms with Gasteiger partial charge >= 0.3 is 17.9 Å². The van der Waals surface area contributed by atoms with Crippen molar-refractivity contribution in [2.45, 2.75) is 58.9 Å². The first-order chi connectivity index (χ1) is 16.3. The highest BCUT2D eigenvalue weighted by Crippen LogP contribution is 2.36. The molecule has 0 spiro atoms. The molecule has 8 nitrogen and oxygen atoms in total. The maximum atomic E-state index is 15.0. The minimum atomic E-state index is -1.40. The van der Waals surface area contributed by atoms with E-state index >= 15 is 4.39 Å². The number of aryl methyl sites for hydroxylation is 1. The van der Waals surface area contributed by atoms with Gasteiger partial charge in [0, 0.05) is 6.54 Å². The van der Waals surface area contributed by atoms with Gasteiger partial charge in [-0.25, -0.2) is 18.6 Å². The van der Waals surface area contributed by atoms with E-state index in [9.17, 15) is 18.8 Å². The van der Waals surface area contributed by atoms with Crippen LogP contribution in [0.1, 0.15) is 51.3 Å². The Morgan fingerprint density at radius 2 is 1.80 bits per heavy atom. The molecule has 2 heterocycles. The maximum absolute atomic E-state index is 15.0. The van der Waals surface area contributed by atoms with Crippen LogP contribution in [-0.4, -0.2) is 46.1 Å². The third-order valence-electron chi connectivity index (χ3n) is 5.44. The molecule has 188 valence electrons. The molecule has 3 amide bonds. The summed E-state index contributed by atoms with van der Waals surface area (Å²) in [6.07, 6.45) is -0.558. The molecule has 35 heavy (non-hydrogen) atoms. The maximum Gasteiger partial charge on any atom is 0.413 e. The lowest BCUT2D eigenvalue weighted by Crippen LogP contribution is -2.50. The summed E-state index contributed by atoms with van der Waals surface area (Å²) in [7, 11) is 0. The highest BCUT2D eigenvalue weighted by atomic mass is 19.1. The van der Waals surface area contributed by atoms with Gasteiger partial charge in [-0.15, -0.1) is 0 Å². The van der Waals surface area contributed by atoms with Gasteiger partial charge in [0.1, 0.15) is 23.4 Å². The van der Waals surface area contributed by atoms with Gasteiger partial charge < -0.3 is 15.0 Å². The summed E-state index contributed by atoms with van der Waals surface area (Å²) in [6, 6.07) is 5.78.